The zero-order chi connectivity index (χ0) is 17.6. The third-order valence-corrected chi connectivity index (χ3v) is 3.64. The number of ether oxygens (including phenoxy) is 1. The van der Waals surface area contributed by atoms with Crippen LogP contribution in [-0.4, -0.2) is 11.9 Å². The maximum absolute atomic E-state index is 12.7. The SMILES string of the molecule is Cc1ccc(NC(=O)C(OC(=O)c2ccoc2)c2ccccc2)cc1. The summed E-state index contributed by atoms with van der Waals surface area (Å²) < 4.78 is 10.3. The molecule has 25 heavy (non-hydrogen) atoms. The Bertz CT molecular complexity index is 839. The number of aryl methyl sites for hydroxylation is 1. The molecule has 3 rings (SSSR count). The van der Waals surface area contributed by atoms with Crippen molar-refractivity contribution < 1.29 is 18.7 Å². The van der Waals surface area contributed by atoms with Crippen LogP contribution in [0.4, 0.5) is 5.69 Å². The number of hydrogen-bond donors (Lipinski definition) is 1. The standard InChI is InChI=1S/C20H17NO4/c1-14-7-9-17(10-8-14)21-19(22)18(15-5-3-2-4-6-15)25-20(23)16-11-12-24-13-16/h2-13,18H,1H3,(H,21,22). The van der Waals surface area contributed by atoms with E-state index in [0.717, 1.165) is 5.56 Å². The monoisotopic (exact) mass is 335 g/mol. The highest BCUT2D eigenvalue weighted by atomic mass is 16.5. The molecule has 1 N–H and O–H groups in total. The van der Waals surface area contributed by atoms with E-state index in [-0.39, 0.29) is 5.56 Å². The van der Waals surface area contributed by atoms with E-state index in [1.54, 1.807) is 36.4 Å². The number of nitrogens with one attached hydrogen (secondary N) is 1. The predicted octanol–water partition coefficient (Wildman–Crippen LogP) is 4.12. The van der Waals surface area contributed by atoms with Gasteiger partial charge in [0, 0.05) is 11.3 Å². The predicted molar refractivity (Wildman–Crippen MR) is 93.1 cm³/mol. The van der Waals surface area contributed by atoms with Gasteiger partial charge in [0.15, 0.2) is 0 Å². The summed E-state index contributed by atoms with van der Waals surface area (Å²) in [6.07, 6.45) is 1.59. The Balaban J connectivity index is 1.81. The number of amides is 1. The normalized spacial score (nSPS) is 11.6. The van der Waals surface area contributed by atoms with Crippen LogP contribution in [0.25, 0.3) is 0 Å². The Morgan fingerprint density at radius 1 is 1.00 bits per heavy atom. The molecular formula is C20H17NO4. The minimum Gasteiger partial charge on any atom is -0.472 e. The van der Waals surface area contributed by atoms with Gasteiger partial charge in [-0.05, 0) is 25.1 Å². The van der Waals surface area contributed by atoms with Gasteiger partial charge in [0.2, 0.25) is 6.10 Å². The molecule has 0 saturated carbocycles. The zero-order valence-corrected chi connectivity index (χ0v) is 13.6. The van der Waals surface area contributed by atoms with Crippen molar-refractivity contribution in [2.45, 2.75) is 13.0 Å². The van der Waals surface area contributed by atoms with Crippen LogP contribution < -0.4 is 5.32 Å². The topological polar surface area (TPSA) is 68.5 Å². The fourth-order valence-electron chi connectivity index (χ4n) is 2.30. The molecule has 1 aromatic heterocycles. The lowest BCUT2D eigenvalue weighted by Gasteiger charge is -2.18. The average Bonchev–Trinajstić information content (AvgIpc) is 3.17. The number of hydrogen-bond acceptors (Lipinski definition) is 4. The van der Waals surface area contributed by atoms with Crippen molar-refractivity contribution in [3.05, 3.63) is 89.9 Å². The summed E-state index contributed by atoms with van der Waals surface area (Å²) in [4.78, 5) is 24.9. The molecule has 1 unspecified atom stereocenters. The van der Waals surface area contributed by atoms with Crippen LogP contribution in [0.2, 0.25) is 0 Å². The molecule has 0 fully saturated rings. The summed E-state index contributed by atoms with van der Waals surface area (Å²) in [6, 6.07) is 17.7. The first-order valence-electron chi connectivity index (χ1n) is 7.79. The average molecular weight is 335 g/mol. The number of furan rings is 1. The van der Waals surface area contributed by atoms with Crippen molar-refractivity contribution >= 4 is 17.6 Å². The van der Waals surface area contributed by atoms with Crippen LogP contribution in [-0.2, 0) is 9.53 Å². The van der Waals surface area contributed by atoms with Crippen LogP contribution in [0.15, 0.2) is 77.6 Å². The molecule has 5 heteroatoms. The van der Waals surface area contributed by atoms with E-state index in [0.29, 0.717) is 11.3 Å². The first kappa shape index (κ1) is 16.5. The van der Waals surface area contributed by atoms with E-state index in [4.69, 9.17) is 9.15 Å². The number of carbonyl (C=O) groups excluding carboxylic acids is 2. The molecule has 1 amide bonds. The third kappa shape index (κ3) is 4.14. The van der Waals surface area contributed by atoms with Crippen molar-refractivity contribution in [3.63, 3.8) is 0 Å². The lowest BCUT2D eigenvalue weighted by Crippen LogP contribution is -2.25. The molecule has 2 aromatic carbocycles. The Morgan fingerprint density at radius 2 is 1.72 bits per heavy atom. The lowest BCUT2D eigenvalue weighted by molar-refractivity contribution is -0.125. The molecule has 0 spiro atoms. The minimum absolute atomic E-state index is 0.254. The Hall–Kier alpha value is -3.34. The number of rotatable bonds is 5. The maximum atomic E-state index is 12.7. The molecular weight excluding hydrogens is 318 g/mol. The Kier molecular flexibility index (Phi) is 4.95. The molecule has 126 valence electrons. The van der Waals surface area contributed by atoms with E-state index < -0.39 is 18.0 Å². The van der Waals surface area contributed by atoms with Gasteiger partial charge in [-0.2, -0.15) is 0 Å². The van der Waals surface area contributed by atoms with Crippen molar-refractivity contribution in [1.29, 1.82) is 0 Å². The van der Waals surface area contributed by atoms with Gasteiger partial charge in [-0.25, -0.2) is 4.79 Å². The number of esters is 1. The van der Waals surface area contributed by atoms with Gasteiger partial charge < -0.3 is 14.5 Å². The number of anilines is 1. The third-order valence-electron chi connectivity index (χ3n) is 3.64. The van der Waals surface area contributed by atoms with Gasteiger partial charge in [0.1, 0.15) is 6.26 Å². The van der Waals surface area contributed by atoms with E-state index in [2.05, 4.69) is 5.32 Å². The highest BCUT2D eigenvalue weighted by Crippen LogP contribution is 2.22. The van der Waals surface area contributed by atoms with Gasteiger partial charge in [-0.15, -0.1) is 0 Å². The summed E-state index contributed by atoms with van der Waals surface area (Å²) in [6.45, 7) is 1.96. The van der Waals surface area contributed by atoms with Crippen molar-refractivity contribution in [1.82, 2.24) is 0 Å². The second kappa shape index (κ2) is 7.49. The highest BCUT2D eigenvalue weighted by molar-refractivity contribution is 5.98. The molecule has 5 nitrogen and oxygen atoms in total. The molecule has 0 saturated heterocycles. The van der Waals surface area contributed by atoms with Gasteiger partial charge in [-0.3, -0.25) is 4.79 Å². The summed E-state index contributed by atoms with van der Waals surface area (Å²) in [5.74, 6) is -1.05. The molecule has 1 atom stereocenters. The van der Waals surface area contributed by atoms with Crippen LogP contribution in [0.5, 0.6) is 0 Å². The maximum Gasteiger partial charge on any atom is 0.342 e. The molecule has 0 aliphatic carbocycles. The Morgan fingerprint density at radius 3 is 2.36 bits per heavy atom. The molecule has 0 aliphatic heterocycles. The minimum atomic E-state index is -1.06. The van der Waals surface area contributed by atoms with Gasteiger partial charge >= 0.3 is 5.97 Å². The summed E-state index contributed by atoms with van der Waals surface area (Å²) >= 11 is 0. The molecule has 0 aliphatic rings. The van der Waals surface area contributed by atoms with Crippen LogP contribution in [0, 0.1) is 6.92 Å². The quantitative estimate of drug-likeness (QED) is 0.712. The number of carbonyl (C=O) groups is 2. The molecule has 1 heterocycles. The van der Waals surface area contributed by atoms with Crippen LogP contribution in [0.3, 0.4) is 0 Å². The van der Waals surface area contributed by atoms with E-state index in [1.807, 2.05) is 25.1 Å². The highest BCUT2D eigenvalue weighted by Gasteiger charge is 2.26. The fraction of sp³-hybridized carbons (Fsp3) is 0.100. The van der Waals surface area contributed by atoms with Crippen molar-refractivity contribution in [2.75, 3.05) is 5.32 Å². The lowest BCUT2D eigenvalue weighted by atomic mass is 10.1. The van der Waals surface area contributed by atoms with E-state index in [1.165, 1.54) is 18.6 Å². The van der Waals surface area contributed by atoms with Gasteiger partial charge in [0.25, 0.3) is 5.91 Å². The van der Waals surface area contributed by atoms with Crippen molar-refractivity contribution in [3.8, 4) is 0 Å². The van der Waals surface area contributed by atoms with Crippen LogP contribution >= 0.6 is 0 Å². The van der Waals surface area contributed by atoms with Gasteiger partial charge in [-0.1, -0.05) is 48.0 Å². The summed E-state index contributed by atoms with van der Waals surface area (Å²) in [5.41, 5.74) is 2.56. The van der Waals surface area contributed by atoms with E-state index >= 15 is 0 Å². The molecule has 3 aromatic rings. The van der Waals surface area contributed by atoms with E-state index in [9.17, 15) is 9.59 Å². The zero-order valence-electron chi connectivity index (χ0n) is 13.6. The van der Waals surface area contributed by atoms with Crippen molar-refractivity contribution in [2.24, 2.45) is 0 Å². The smallest absolute Gasteiger partial charge is 0.342 e. The van der Waals surface area contributed by atoms with Gasteiger partial charge in [0.05, 0.1) is 11.8 Å². The molecule has 0 bridgehead atoms. The summed E-state index contributed by atoms with van der Waals surface area (Å²) in [7, 11) is 0. The molecule has 0 radical (unpaired) electrons. The first-order valence-corrected chi connectivity index (χ1v) is 7.79. The fourth-order valence-corrected chi connectivity index (χ4v) is 2.30. The van der Waals surface area contributed by atoms with Crippen LogP contribution in [0.1, 0.15) is 27.6 Å². The second-order valence-corrected chi connectivity index (χ2v) is 5.56. The first-order chi connectivity index (χ1) is 12.1. The summed E-state index contributed by atoms with van der Waals surface area (Å²) in [5, 5.41) is 2.78. The second-order valence-electron chi connectivity index (χ2n) is 5.56. The largest absolute Gasteiger partial charge is 0.472 e. The number of benzene rings is 2. The Labute approximate surface area is 145 Å².